The maximum Gasteiger partial charge on any atom is 0.272 e. The monoisotopic (exact) mass is 454 g/mol. The Morgan fingerprint density at radius 2 is 1.90 bits per heavy atom. The molecule has 0 unspecified atom stereocenters. The Hall–Kier alpha value is -2.83. The van der Waals surface area contributed by atoms with E-state index < -0.39 is 13.0 Å². The maximum absolute atomic E-state index is 14.8. The molecule has 1 N–H and O–H groups in total. The van der Waals surface area contributed by atoms with Gasteiger partial charge in [-0.15, -0.1) is 11.3 Å². The van der Waals surface area contributed by atoms with Crippen molar-refractivity contribution in [3.05, 3.63) is 81.5 Å². The molecule has 1 fully saturated rings. The highest BCUT2D eigenvalue weighted by Gasteiger charge is 2.33. The van der Waals surface area contributed by atoms with E-state index in [2.05, 4.69) is 20.1 Å². The number of benzene rings is 2. The summed E-state index contributed by atoms with van der Waals surface area (Å²) >= 11 is 1.55. The molecular formula is C22H20FN4O2PS. The van der Waals surface area contributed by atoms with E-state index in [-0.39, 0.29) is 5.56 Å². The number of nitrogens with one attached hydrogen (secondary N) is 1. The summed E-state index contributed by atoms with van der Waals surface area (Å²) in [6.07, 6.45) is 3.02. The lowest BCUT2D eigenvalue weighted by molar-refractivity contribution is 0.571. The molecule has 0 aliphatic carbocycles. The van der Waals surface area contributed by atoms with E-state index in [1.165, 1.54) is 6.07 Å². The molecule has 5 rings (SSSR count). The molecular weight excluding hydrogens is 434 g/mol. The van der Waals surface area contributed by atoms with Crippen LogP contribution in [0.1, 0.15) is 11.3 Å². The molecule has 0 amide bonds. The van der Waals surface area contributed by atoms with Crippen molar-refractivity contribution < 1.29 is 8.96 Å². The first-order chi connectivity index (χ1) is 15.0. The summed E-state index contributed by atoms with van der Waals surface area (Å²) < 4.78 is 28.4. The molecule has 31 heavy (non-hydrogen) atoms. The fourth-order valence-electron chi connectivity index (χ4n) is 4.07. The van der Waals surface area contributed by atoms with Gasteiger partial charge in [0.15, 0.2) is 5.13 Å². The van der Waals surface area contributed by atoms with Crippen LogP contribution < -0.4 is 15.8 Å². The normalized spacial score (nSPS) is 16.0. The van der Waals surface area contributed by atoms with E-state index in [0.29, 0.717) is 48.2 Å². The van der Waals surface area contributed by atoms with Crippen molar-refractivity contribution in [3.8, 4) is 0 Å². The lowest BCUT2D eigenvalue weighted by Crippen LogP contribution is -2.37. The summed E-state index contributed by atoms with van der Waals surface area (Å²) in [4.78, 5) is 18.5. The van der Waals surface area contributed by atoms with Gasteiger partial charge in [0, 0.05) is 54.1 Å². The second-order valence-corrected chi connectivity index (χ2v) is 11.7. The van der Waals surface area contributed by atoms with E-state index in [1.807, 2.05) is 17.5 Å². The molecule has 4 aromatic rings. The third-order valence-corrected chi connectivity index (χ3v) is 9.65. The predicted molar refractivity (Wildman–Crippen MR) is 123 cm³/mol. The topological polar surface area (TPSA) is 79.0 Å². The van der Waals surface area contributed by atoms with Gasteiger partial charge in [0.05, 0.1) is 11.1 Å². The Morgan fingerprint density at radius 3 is 2.65 bits per heavy atom. The molecule has 0 saturated carbocycles. The summed E-state index contributed by atoms with van der Waals surface area (Å²) in [6, 6.07) is 12.1. The van der Waals surface area contributed by atoms with E-state index >= 15 is 0 Å². The van der Waals surface area contributed by atoms with Crippen LogP contribution in [-0.2, 0) is 11.0 Å². The molecule has 0 atom stereocenters. The standard InChI is InChI=1S/C22H20FN4O2PS/c23-18-6-5-15(13-19-16-3-1-2-4-17(16)21(28)26-25-19)14-20(18)30(29)10-8-27(9-11-30)22-24-7-12-31-22/h1-7,12,14H,8-11,13H2,(H,26,28). The average molecular weight is 454 g/mol. The van der Waals surface area contributed by atoms with E-state index in [1.54, 1.807) is 41.8 Å². The quantitative estimate of drug-likeness (QED) is 0.477. The Kier molecular flexibility index (Phi) is 5.20. The number of fused-ring (bicyclic) bond motifs is 1. The Morgan fingerprint density at radius 1 is 1.13 bits per heavy atom. The fraction of sp³-hybridized carbons (Fsp3) is 0.227. The zero-order chi connectivity index (χ0) is 21.4. The van der Waals surface area contributed by atoms with Gasteiger partial charge in [-0.25, -0.2) is 14.5 Å². The van der Waals surface area contributed by atoms with Crippen molar-refractivity contribution in [1.82, 2.24) is 15.2 Å². The highest BCUT2D eigenvalue weighted by Crippen LogP contribution is 2.47. The third-order valence-electron chi connectivity index (χ3n) is 5.75. The lowest BCUT2D eigenvalue weighted by Gasteiger charge is -2.32. The predicted octanol–water partition coefficient (Wildman–Crippen LogP) is 3.62. The van der Waals surface area contributed by atoms with Gasteiger partial charge in [-0.1, -0.05) is 24.3 Å². The first-order valence-corrected chi connectivity index (χ1v) is 13.0. The zero-order valence-corrected chi connectivity index (χ0v) is 18.3. The minimum absolute atomic E-state index is 0.240. The number of hydrogen-bond acceptors (Lipinski definition) is 6. The zero-order valence-electron chi connectivity index (χ0n) is 16.6. The van der Waals surface area contributed by atoms with Gasteiger partial charge < -0.3 is 9.46 Å². The molecule has 1 saturated heterocycles. The summed E-state index contributed by atoms with van der Waals surface area (Å²) in [6.45, 7) is 1.20. The first-order valence-electron chi connectivity index (χ1n) is 10.0. The molecule has 158 valence electrons. The van der Waals surface area contributed by atoms with Crippen molar-refractivity contribution in [1.29, 1.82) is 0 Å². The van der Waals surface area contributed by atoms with Crippen LogP contribution >= 0.6 is 18.5 Å². The van der Waals surface area contributed by atoms with Gasteiger partial charge in [0.1, 0.15) is 13.0 Å². The van der Waals surface area contributed by atoms with Crippen LogP contribution in [0.3, 0.4) is 0 Å². The highest BCUT2D eigenvalue weighted by atomic mass is 32.1. The van der Waals surface area contributed by atoms with Crippen LogP contribution in [0.25, 0.3) is 10.8 Å². The largest absolute Gasteiger partial charge is 0.347 e. The second-order valence-electron chi connectivity index (χ2n) is 7.65. The summed E-state index contributed by atoms with van der Waals surface area (Å²) in [5, 5.41) is 11.2. The molecule has 2 aromatic heterocycles. The van der Waals surface area contributed by atoms with Crippen molar-refractivity contribution in [2.24, 2.45) is 0 Å². The van der Waals surface area contributed by atoms with Crippen LogP contribution in [0, 0.1) is 5.82 Å². The van der Waals surface area contributed by atoms with Gasteiger partial charge in [-0.05, 0) is 23.8 Å². The molecule has 2 aromatic carbocycles. The van der Waals surface area contributed by atoms with E-state index in [0.717, 1.165) is 16.1 Å². The highest BCUT2D eigenvalue weighted by molar-refractivity contribution is 7.71. The number of anilines is 1. The molecule has 0 spiro atoms. The molecule has 6 nitrogen and oxygen atoms in total. The number of H-pyrrole nitrogens is 1. The van der Waals surface area contributed by atoms with Gasteiger partial charge in [0.25, 0.3) is 5.56 Å². The molecule has 1 aliphatic heterocycles. The fourth-order valence-corrected chi connectivity index (χ4v) is 7.47. The van der Waals surface area contributed by atoms with E-state index in [9.17, 15) is 13.8 Å². The van der Waals surface area contributed by atoms with Crippen molar-refractivity contribution >= 4 is 39.7 Å². The number of aromatic amines is 1. The average Bonchev–Trinajstić information content (AvgIpc) is 3.32. The van der Waals surface area contributed by atoms with Crippen LogP contribution in [0.5, 0.6) is 0 Å². The summed E-state index contributed by atoms with van der Waals surface area (Å²) in [5.41, 5.74) is 1.28. The Balaban J connectivity index is 1.43. The van der Waals surface area contributed by atoms with Gasteiger partial charge >= 0.3 is 0 Å². The number of hydrogen-bond donors (Lipinski definition) is 1. The molecule has 0 radical (unpaired) electrons. The Labute approximate surface area is 182 Å². The number of rotatable bonds is 4. The second kappa shape index (κ2) is 8.02. The van der Waals surface area contributed by atoms with Crippen LogP contribution in [-0.4, -0.2) is 40.6 Å². The summed E-state index contributed by atoms with van der Waals surface area (Å²) in [7, 11) is -2.85. The third kappa shape index (κ3) is 3.82. The van der Waals surface area contributed by atoms with Crippen LogP contribution in [0.2, 0.25) is 0 Å². The van der Waals surface area contributed by atoms with Crippen LogP contribution in [0.15, 0.2) is 58.8 Å². The van der Waals surface area contributed by atoms with Crippen molar-refractivity contribution in [2.75, 3.05) is 30.3 Å². The van der Waals surface area contributed by atoms with E-state index in [4.69, 9.17) is 0 Å². The molecule has 1 aliphatic rings. The lowest BCUT2D eigenvalue weighted by atomic mass is 10.0. The minimum atomic E-state index is -2.85. The molecule has 0 bridgehead atoms. The van der Waals surface area contributed by atoms with Crippen molar-refractivity contribution in [3.63, 3.8) is 0 Å². The first kappa shape index (κ1) is 20.1. The van der Waals surface area contributed by atoms with Gasteiger partial charge in [-0.3, -0.25) is 4.79 Å². The number of aromatic nitrogens is 3. The number of nitrogens with zero attached hydrogens (tertiary/aromatic N) is 3. The summed E-state index contributed by atoms with van der Waals surface area (Å²) in [5.74, 6) is -0.422. The number of halogens is 1. The van der Waals surface area contributed by atoms with Gasteiger partial charge in [0.2, 0.25) is 0 Å². The molecule has 9 heteroatoms. The Bertz CT molecular complexity index is 1340. The molecule has 3 heterocycles. The minimum Gasteiger partial charge on any atom is -0.347 e. The maximum atomic E-state index is 14.8. The van der Waals surface area contributed by atoms with Crippen molar-refractivity contribution in [2.45, 2.75) is 6.42 Å². The van der Waals surface area contributed by atoms with Gasteiger partial charge in [-0.2, -0.15) is 5.10 Å². The van der Waals surface area contributed by atoms with Crippen LogP contribution in [0.4, 0.5) is 9.52 Å². The number of thiazole rings is 1. The smallest absolute Gasteiger partial charge is 0.272 e. The SMILES string of the molecule is O=c1[nH]nc(Cc2ccc(F)c(P3(=O)CCN(c4nccs4)CC3)c2)c2ccccc12.